The zero-order chi connectivity index (χ0) is 14.9. The molecular weight excluding hydrogens is 302 g/mol. The van der Waals surface area contributed by atoms with Gasteiger partial charge in [0.25, 0.3) is 11.1 Å². The molecule has 1 aliphatic heterocycles. The van der Waals surface area contributed by atoms with Gasteiger partial charge in [0.2, 0.25) is 0 Å². The highest BCUT2D eigenvalue weighted by atomic mass is 32.2. The molecule has 4 nitrogen and oxygen atoms in total. The first-order valence-electron chi connectivity index (χ1n) is 5.05. The molecule has 1 aromatic carbocycles. The number of ether oxygens (including phenoxy) is 1. The van der Waals surface area contributed by atoms with Gasteiger partial charge < -0.3 is 4.74 Å². The van der Waals surface area contributed by atoms with E-state index in [0.29, 0.717) is 11.8 Å². The van der Waals surface area contributed by atoms with Crippen LogP contribution in [0.5, 0.6) is 5.75 Å². The third-order valence-electron chi connectivity index (χ3n) is 2.12. The van der Waals surface area contributed by atoms with Crippen LogP contribution in [-0.4, -0.2) is 17.5 Å². The van der Waals surface area contributed by atoms with E-state index in [9.17, 15) is 27.2 Å². The molecule has 0 spiro atoms. The molecule has 1 aliphatic rings. The summed E-state index contributed by atoms with van der Waals surface area (Å²) in [6.45, 7) is 0. The summed E-state index contributed by atoms with van der Waals surface area (Å²) in [5.41, 5.74) is 0.129. The lowest BCUT2D eigenvalue weighted by atomic mass is 10.2. The van der Waals surface area contributed by atoms with Crippen molar-refractivity contribution in [3.05, 3.63) is 34.5 Å². The number of halogens is 4. The average Bonchev–Trinajstić information content (AvgIpc) is 2.60. The summed E-state index contributed by atoms with van der Waals surface area (Å²) in [5.74, 6) is -2.85. The summed E-state index contributed by atoms with van der Waals surface area (Å²) < 4.78 is 52.7. The Morgan fingerprint density at radius 1 is 1.25 bits per heavy atom. The Bertz CT molecular complexity index is 612. The van der Waals surface area contributed by atoms with E-state index in [0.717, 1.165) is 18.2 Å². The lowest BCUT2D eigenvalue weighted by Gasteiger charge is -2.09. The number of hydrogen-bond acceptors (Lipinski definition) is 4. The number of thioether (sulfide) groups is 1. The van der Waals surface area contributed by atoms with Crippen LogP contribution in [0.15, 0.2) is 23.1 Å². The van der Waals surface area contributed by atoms with Crippen molar-refractivity contribution >= 4 is 29.0 Å². The number of alkyl halides is 3. The quantitative estimate of drug-likeness (QED) is 0.674. The van der Waals surface area contributed by atoms with Crippen molar-refractivity contribution in [3.8, 4) is 5.75 Å². The van der Waals surface area contributed by atoms with Crippen molar-refractivity contribution in [2.45, 2.75) is 6.36 Å². The number of imide groups is 1. The number of amides is 2. The van der Waals surface area contributed by atoms with Gasteiger partial charge >= 0.3 is 6.36 Å². The Balaban J connectivity index is 2.24. The Hall–Kier alpha value is -2.03. The van der Waals surface area contributed by atoms with Crippen LogP contribution in [-0.2, 0) is 4.79 Å². The van der Waals surface area contributed by atoms with Gasteiger partial charge in [-0.1, -0.05) is 6.07 Å². The minimum Gasteiger partial charge on any atom is -0.403 e. The smallest absolute Gasteiger partial charge is 0.403 e. The maximum Gasteiger partial charge on any atom is 0.573 e. The summed E-state index contributed by atoms with van der Waals surface area (Å²) in [5, 5.41) is 1.42. The molecule has 1 N–H and O–H groups in total. The van der Waals surface area contributed by atoms with Gasteiger partial charge in [0.05, 0.1) is 4.91 Å². The number of hydrogen-bond donors (Lipinski definition) is 1. The highest BCUT2D eigenvalue weighted by molar-refractivity contribution is 8.18. The Morgan fingerprint density at radius 2 is 1.95 bits per heavy atom. The molecule has 0 atom stereocenters. The molecule has 0 radical (unpaired) electrons. The molecule has 0 bridgehead atoms. The minimum absolute atomic E-state index is 0.0267. The first-order chi connectivity index (χ1) is 9.24. The predicted octanol–water partition coefficient (Wildman–Crippen LogP) is 3.05. The van der Waals surface area contributed by atoms with E-state index in [4.69, 9.17) is 0 Å². The zero-order valence-electron chi connectivity index (χ0n) is 9.45. The summed E-state index contributed by atoms with van der Waals surface area (Å²) in [7, 11) is 0. The summed E-state index contributed by atoms with van der Waals surface area (Å²) in [6.07, 6.45) is -3.81. The molecule has 106 valence electrons. The van der Waals surface area contributed by atoms with Crippen LogP contribution in [0.1, 0.15) is 5.56 Å². The largest absolute Gasteiger partial charge is 0.573 e. The standard InChI is InChI=1S/C11H5F4NO3S/c12-6-3-5(1-2-7(6)19-11(13,14)15)4-8-9(17)16-10(18)20-8/h1-4H,(H,16,17,18)/b8-4-. The van der Waals surface area contributed by atoms with Crippen LogP contribution in [0.4, 0.5) is 22.4 Å². The van der Waals surface area contributed by atoms with Crippen molar-refractivity contribution < 1.29 is 31.9 Å². The first-order valence-corrected chi connectivity index (χ1v) is 5.86. The van der Waals surface area contributed by atoms with Gasteiger partial charge in [0.1, 0.15) is 0 Å². The number of benzene rings is 1. The molecule has 2 rings (SSSR count). The molecule has 0 aliphatic carbocycles. The van der Waals surface area contributed by atoms with Gasteiger partial charge in [-0.3, -0.25) is 14.9 Å². The highest BCUT2D eigenvalue weighted by Crippen LogP contribution is 2.29. The Kier molecular flexibility index (Phi) is 3.71. The van der Waals surface area contributed by atoms with E-state index < -0.39 is 29.1 Å². The lowest BCUT2D eigenvalue weighted by Crippen LogP contribution is -2.18. The second-order valence-corrected chi connectivity index (χ2v) is 4.60. The summed E-state index contributed by atoms with van der Waals surface area (Å²) in [4.78, 5) is 22.2. The van der Waals surface area contributed by atoms with Crippen LogP contribution >= 0.6 is 11.8 Å². The molecule has 0 unspecified atom stereocenters. The van der Waals surface area contributed by atoms with Gasteiger partial charge in [0.15, 0.2) is 11.6 Å². The molecule has 1 heterocycles. The third-order valence-corrected chi connectivity index (χ3v) is 2.93. The van der Waals surface area contributed by atoms with Crippen molar-refractivity contribution in [3.63, 3.8) is 0 Å². The maximum absolute atomic E-state index is 13.4. The van der Waals surface area contributed by atoms with Gasteiger partial charge in [-0.25, -0.2) is 4.39 Å². The minimum atomic E-state index is -4.99. The number of carbonyl (C=O) groups excluding carboxylic acids is 2. The molecule has 0 saturated carbocycles. The number of rotatable bonds is 2. The molecular formula is C11H5F4NO3S. The van der Waals surface area contributed by atoms with Crippen molar-refractivity contribution in [2.75, 3.05) is 0 Å². The highest BCUT2D eigenvalue weighted by Gasteiger charge is 2.32. The summed E-state index contributed by atoms with van der Waals surface area (Å²) in [6, 6.07) is 2.69. The fraction of sp³-hybridized carbons (Fsp3) is 0.0909. The van der Waals surface area contributed by atoms with Crippen molar-refractivity contribution in [1.82, 2.24) is 5.32 Å². The average molecular weight is 307 g/mol. The van der Waals surface area contributed by atoms with Gasteiger partial charge in [-0.2, -0.15) is 0 Å². The molecule has 1 aromatic rings. The van der Waals surface area contributed by atoms with Crippen LogP contribution in [0.25, 0.3) is 6.08 Å². The topological polar surface area (TPSA) is 55.4 Å². The summed E-state index contributed by atoms with van der Waals surface area (Å²) >= 11 is 0.616. The molecule has 0 aromatic heterocycles. The molecule has 9 heteroatoms. The second kappa shape index (κ2) is 5.16. The predicted molar refractivity (Wildman–Crippen MR) is 62.2 cm³/mol. The fourth-order valence-corrected chi connectivity index (χ4v) is 2.07. The lowest BCUT2D eigenvalue weighted by molar-refractivity contribution is -0.275. The van der Waals surface area contributed by atoms with Gasteiger partial charge in [-0.15, -0.1) is 13.2 Å². The normalized spacial score (nSPS) is 17.5. The first kappa shape index (κ1) is 14.4. The molecule has 1 fully saturated rings. The van der Waals surface area contributed by atoms with Crippen LogP contribution < -0.4 is 10.1 Å². The van der Waals surface area contributed by atoms with E-state index in [1.807, 2.05) is 5.32 Å². The van der Waals surface area contributed by atoms with E-state index in [1.54, 1.807) is 0 Å². The van der Waals surface area contributed by atoms with Crippen molar-refractivity contribution in [1.29, 1.82) is 0 Å². The second-order valence-electron chi connectivity index (χ2n) is 3.59. The number of carbonyl (C=O) groups is 2. The van der Waals surface area contributed by atoms with Crippen LogP contribution in [0.3, 0.4) is 0 Å². The molecule has 1 saturated heterocycles. The molecule has 2 amide bonds. The van der Waals surface area contributed by atoms with Crippen molar-refractivity contribution in [2.24, 2.45) is 0 Å². The Morgan fingerprint density at radius 3 is 2.45 bits per heavy atom. The van der Waals surface area contributed by atoms with E-state index in [1.165, 1.54) is 6.08 Å². The van der Waals surface area contributed by atoms with Crippen LogP contribution in [0, 0.1) is 5.82 Å². The van der Waals surface area contributed by atoms with Gasteiger partial charge in [0, 0.05) is 0 Å². The van der Waals surface area contributed by atoms with E-state index in [2.05, 4.69) is 4.74 Å². The zero-order valence-corrected chi connectivity index (χ0v) is 10.3. The van der Waals surface area contributed by atoms with Gasteiger partial charge in [-0.05, 0) is 35.5 Å². The fourth-order valence-electron chi connectivity index (χ4n) is 1.39. The van der Waals surface area contributed by atoms with E-state index in [-0.39, 0.29) is 10.5 Å². The maximum atomic E-state index is 13.4. The monoisotopic (exact) mass is 307 g/mol. The Labute approximate surface area is 113 Å². The number of nitrogens with one attached hydrogen (secondary N) is 1. The third kappa shape index (κ3) is 3.50. The molecule has 20 heavy (non-hydrogen) atoms. The SMILES string of the molecule is O=C1NC(=O)/C(=C/c2ccc(OC(F)(F)F)c(F)c2)S1. The van der Waals surface area contributed by atoms with E-state index >= 15 is 0 Å². The van der Waals surface area contributed by atoms with Crippen LogP contribution in [0.2, 0.25) is 0 Å².